The Hall–Kier alpha value is -3.26. The summed E-state index contributed by atoms with van der Waals surface area (Å²) < 4.78 is 6.58. The Morgan fingerprint density at radius 2 is 1.31 bits per heavy atom. The van der Waals surface area contributed by atoms with E-state index in [0.717, 1.165) is 28.3 Å². The predicted molar refractivity (Wildman–Crippen MR) is 136 cm³/mol. The molecule has 0 saturated heterocycles. The lowest BCUT2D eigenvalue weighted by Gasteiger charge is -2.36. The molecule has 1 heterocycles. The van der Waals surface area contributed by atoms with Gasteiger partial charge in [-0.15, -0.1) is 0 Å². The summed E-state index contributed by atoms with van der Waals surface area (Å²) in [6, 6.07) is 22.2. The number of rotatable bonds is 1. The van der Waals surface area contributed by atoms with Crippen molar-refractivity contribution in [3.05, 3.63) is 88.5 Å². The molecule has 2 heteroatoms. The largest absolute Gasteiger partial charge is 0.452 e. The summed E-state index contributed by atoms with van der Waals surface area (Å²) in [5, 5.41) is 2.35. The van der Waals surface area contributed by atoms with E-state index in [-0.39, 0.29) is 5.41 Å². The third-order valence-electron chi connectivity index (χ3n) is 6.49. The smallest absolute Gasteiger partial charge is 0.159 e. The van der Waals surface area contributed by atoms with Crippen LogP contribution in [-0.2, 0) is 5.41 Å². The van der Waals surface area contributed by atoms with Gasteiger partial charge in [-0.2, -0.15) is 0 Å². The van der Waals surface area contributed by atoms with Gasteiger partial charge in [-0.25, -0.2) is 0 Å². The highest BCUT2D eigenvalue weighted by Crippen LogP contribution is 2.54. The van der Waals surface area contributed by atoms with Crippen LogP contribution in [0.25, 0.3) is 10.8 Å². The molecule has 0 spiro atoms. The molecule has 1 aliphatic heterocycles. The summed E-state index contributed by atoms with van der Waals surface area (Å²) in [6.07, 6.45) is 0. The van der Waals surface area contributed by atoms with E-state index in [1.54, 1.807) is 0 Å². The van der Waals surface area contributed by atoms with E-state index in [1.807, 2.05) is 0 Å². The SMILES string of the molecule is Cc1ccc2c(c1)Oc1c(ccc3cc(C)ccc13)N2c1c(C)cc(C(C)(C)C)cc1C. The molecule has 162 valence electrons. The second kappa shape index (κ2) is 7.13. The number of aryl methyl sites for hydroxylation is 4. The van der Waals surface area contributed by atoms with Crippen molar-refractivity contribution >= 4 is 27.8 Å². The first kappa shape index (κ1) is 20.6. The van der Waals surface area contributed by atoms with Crippen molar-refractivity contribution in [2.45, 2.75) is 53.9 Å². The summed E-state index contributed by atoms with van der Waals surface area (Å²) in [7, 11) is 0. The molecule has 4 aromatic carbocycles. The first-order valence-electron chi connectivity index (χ1n) is 11.4. The number of hydrogen-bond donors (Lipinski definition) is 0. The molecule has 0 fully saturated rings. The zero-order valence-corrected chi connectivity index (χ0v) is 20.1. The monoisotopic (exact) mass is 421 g/mol. The second-order valence-electron chi connectivity index (χ2n) is 10.3. The molecule has 5 rings (SSSR count). The highest BCUT2D eigenvalue weighted by molar-refractivity contribution is 6.00. The average molecular weight is 422 g/mol. The Kier molecular flexibility index (Phi) is 4.60. The molecule has 0 saturated carbocycles. The van der Waals surface area contributed by atoms with Gasteiger partial charge in [-0.3, -0.25) is 0 Å². The minimum absolute atomic E-state index is 0.111. The van der Waals surface area contributed by atoms with Crippen LogP contribution in [0, 0.1) is 27.7 Å². The Bertz CT molecular complexity index is 1350. The predicted octanol–water partition coefficient (Wildman–Crippen LogP) is 8.95. The van der Waals surface area contributed by atoms with Gasteiger partial charge in [0.25, 0.3) is 0 Å². The lowest BCUT2D eigenvalue weighted by atomic mass is 9.84. The number of hydrogen-bond acceptors (Lipinski definition) is 2. The molecule has 0 atom stereocenters. The summed E-state index contributed by atoms with van der Waals surface area (Å²) in [5.41, 5.74) is 9.89. The zero-order valence-electron chi connectivity index (χ0n) is 20.1. The van der Waals surface area contributed by atoms with Crippen LogP contribution in [0.1, 0.15) is 48.6 Å². The number of ether oxygens (including phenoxy) is 1. The number of nitrogens with zero attached hydrogens (tertiary/aromatic N) is 1. The zero-order chi connectivity index (χ0) is 22.8. The van der Waals surface area contributed by atoms with Crippen molar-refractivity contribution < 1.29 is 4.74 Å². The molecule has 4 aromatic rings. The van der Waals surface area contributed by atoms with Crippen molar-refractivity contribution in [2.75, 3.05) is 4.90 Å². The fourth-order valence-electron chi connectivity index (χ4n) is 4.80. The van der Waals surface area contributed by atoms with Gasteiger partial charge in [0, 0.05) is 5.39 Å². The molecular weight excluding hydrogens is 390 g/mol. The maximum atomic E-state index is 6.58. The molecule has 0 unspecified atom stereocenters. The Morgan fingerprint density at radius 3 is 2.00 bits per heavy atom. The molecule has 0 radical (unpaired) electrons. The molecule has 2 nitrogen and oxygen atoms in total. The summed E-state index contributed by atoms with van der Waals surface area (Å²) in [5.74, 6) is 1.84. The number of fused-ring (bicyclic) bond motifs is 4. The number of benzene rings is 4. The van der Waals surface area contributed by atoms with Crippen molar-refractivity contribution in [2.24, 2.45) is 0 Å². The van der Waals surface area contributed by atoms with Crippen LogP contribution in [0.2, 0.25) is 0 Å². The first-order valence-corrected chi connectivity index (χ1v) is 11.4. The molecule has 0 N–H and O–H groups in total. The quantitative estimate of drug-likeness (QED) is 0.268. The maximum Gasteiger partial charge on any atom is 0.159 e. The van der Waals surface area contributed by atoms with Crippen LogP contribution in [0.5, 0.6) is 11.5 Å². The van der Waals surface area contributed by atoms with Crippen LogP contribution in [-0.4, -0.2) is 0 Å². The standard InChI is InChI=1S/C30H31NO/c1-18-8-11-24-22(14-18)10-13-26-29(24)32-27-15-19(2)9-12-25(27)31(26)28-20(3)16-23(17-21(28)4)30(5,6)7/h8-17H,1-7H3. The normalized spacial score (nSPS) is 13.0. The van der Waals surface area contributed by atoms with E-state index < -0.39 is 0 Å². The summed E-state index contributed by atoms with van der Waals surface area (Å²) in [6.45, 7) is 15.5. The Balaban J connectivity index is 1.81. The lowest BCUT2D eigenvalue weighted by Crippen LogP contribution is -2.19. The lowest BCUT2D eigenvalue weighted by molar-refractivity contribution is 0.482. The van der Waals surface area contributed by atoms with Crippen molar-refractivity contribution in [3.63, 3.8) is 0 Å². The third-order valence-corrected chi connectivity index (χ3v) is 6.49. The van der Waals surface area contributed by atoms with Gasteiger partial charge in [0.15, 0.2) is 11.5 Å². The summed E-state index contributed by atoms with van der Waals surface area (Å²) in [4.78, 5) is 2.39. The van der Waals surface area contributed by atoms with Gasteiger partial charge in [0.05, 0.1) is 17.1 Å². The van der Waals surface area contributed by atoms with Crippen LogP contribution in [0.4, 0.5) is 17.1 Å². The molecule has 1 aliphatic rings. The minimum Gasteiger partial charge on any atom is -0.452 e. The van der Waals surface area contributed by atoms with E-state index in [9.17, 15) is 0 Å². The molecule has 0 bridgehead atoms. The van der Waals surface area contributed by atoms with Crippen molar-refractivity contribution in [1.29, 1.82) is 0 Å². The van der Waals surface area contributed by atoms with Gasteiger partial charge >= 0.3 is 0 Å². The first-order chi connectivity index (χ1) is 15.1. The van der Waals surface area contributed by atoms with Crippen LogP contribution >= 0.6 is 0 Å². The van der Waals surface area contributed by atoms with Crippen molar-refractivity contribution in [1.82, 2.24) is 0 Å². The van der Waals surface area contributed by atoms with Crippen LogP contribution in [0.3, 0.4) is 0 Å². The molecule has 0 amide bonds. The topological polar surface area (TPSA) is 12.5 Å². The van der Waals surface area contributed by atoms with E-state index in [4.69, 9.17) is 4.74 Å². The van der Waals surface area contributed by atoms with Crippen molar-refractivity contribution in [3.8, 4) is 11.5 Å². The molecule has 32 heavy (non-hydrogen) atoms. The van der Waals surface area contributed by atoms with Gasteiger partial charge in [-0.1, -0.05) is 68.8 Å². The highest BCUT2D eigenvalue weighted by atomic mass is 16.5. The molecule has 0 aromatic heterocycles. The van der Waals surface area contributed by atoms with E-state index in [0.29, 0.717) is 0 Å². The molecular formula is C30H31NO. The van der Waals surface area contributed by atoms with Gasteiger partial charge in [0.1, 0.15) is 0 Å². The Morgan fingerprint density at radius 1 is 0.688 bits per heavy atom. The van der Waals surface area contributed by atoms with Crippen LogP contribution in [0.15, 0.2) is 60.7 Å². The second-order valence-corrected chi connectivity index (χ2v) is 10.3. The van der Waals surface area contributed by atoms with Gasteiger partial charge in [0.2, 0.25) is 0 Å². The highest BCUT2D eigenvalue weighted by Gasteiger charge is 2.30. The fraction of sp³-hybridized carbons (Fsp3) is 0.267. The van der Waals surface area contributed by atoms with E-state index >= 15 is 0 Å². The van der Waals surface area contributed by atoms with E-state index in [2.05, 4.69) is 114 Å². The third kappa shape index (κ3) is 3.26. The van der Waals surface area contributed by atoms with Crippen LogP contribution < -0.4 is 9.64 Å². The molecule has 0 aliphatic carbocycles. The number of anilines is 3. The average Bonchev–Trinajstić information content (AvgIpc) is 2.71. The van der Waals surface area contributed by atoms with Gasteiger partial charge in [-0.05, 0) is 78.9 Å². The maximum absolute atomic E-state index is 6.58. The van der Waals surface area contributed by atoms with E-state index in [1.165, 1.54) is 38.9 Å². The van der Waals surface area contributed by atoms with Gasteiger partial charge < -0.3 is 9.64 Å². The minimum atomic E-state index is 0.111. The fourth-order valence-corrected chi connectivity index (χ4v) is 4.80. The summed E-state index contributed by atoms with van der Waals surface area (Å²) >= 11 is 0. The Labute approximate surface area is 191 Å².